The molecule has 0 spiro atoms. The summed E-state index contributed by atoms with van der Waals surface area (Å²) in [6, 6.07) is 7.68. The Bertz CT molecular complexity index is 1020. The van der Waals surface area contributed by atoms with Gasteiger partial charge in [-0.25, -0.2) is 9.78 Å². The number of aryl methyl sites for hydroxylation is 1. The first-order valence-electron chi connectivity index (χ1n) is 10.3. The smallest absolute Gasteiger partial charge is 0.419 e. The van der Waals surface area contributed by atoms with Gasteiger partial charge in [0.05, 0.1) is 11.6 Å². The van der Waals surface area contributed by atoms with E-state index in [2.05, 4.69) is 4.98 Å². The van der Waals surface area contributed by atoms with Gasteiger partial charge in [0, 0.05) is 43.6 Å². The number of nitrogens with zero attached hydrogens (tertiary/aromatic N) is 4. The van der Waals surface area contributed by atoms with Gasteiger partial charge in [0.25, 0.3) is 5.91 Å². The molecule has 0 radical (unpaired) electrons. The molecule has 1 aromatic carbocycles. The quantitative estimate of drug-likeness (QED) is 0.655. The van der Waals surface area contributed by atoms with E-state index in [-0.39, 0.29) is 56.4 Å². The van der Waals surface area contributed by atoms with Crippen molar-refractivity contribution in [3.63, 3.8) is 0 Å². The highest BCUT2D eigenvalue weighted by Gasteiger charge is 2.37. The number of benzene rings is 1. The van der Waals surface area contributed by atoms with Crippen LogP contribution in [0.5, 0.6) is 0 Å². The molecule has 0 bridgehead atoms. The van der Waals surface area contributed by atoms with Crippen molar-refractivity contribution in [1.29, 1.82) is 0 Å². The number of amides is 2. The molecule has 7 nitrogen and oxygen atoms in total. The topological polar surface area (TPSA) is 66.0 Å². The molecule has 2 amide bonds. The van der Waals surface area contributed by atoms with Gasteiger partial charge in [0.1, 0.15) is 12.4 Å². The maximum atomic E-state index is 13.4. The molecule has 2 aliphatic heterocycles. The predicted molar refractivity (Wildman–Crippen MR) is 119 cm³/mol. The number of cyclic esters (lactones) is 1. The number of alkyl halides is 3. The van der Waals surface area contributed by atoms with E-state index in [4.69, 9.17) is 4.74 Å². The molecule has 2 aliphatic rings. The fourth-order valence-electron chi connectivity index (χ4n) is 3.97. The number of piperazine rings is 1. The number of carbonyl (C=O) groups excluding carboxylic acids is 2. The molecule has 1 aromatic heterocycles. The van der Waals surface area contributed by atoms with Gasteiger partial charge in [0.2, 0.25) is 0 Å². The molecular weight excluding hydrogens is 461 g/mol. The lowest BCUT2D eigenvalue weighted by Gasteiger charge is -2.36. The van der Waals surface area contributed by atoms with Crippen LogP contribution in [0.2, 0.25) is 0 Å². The monoisotopic (exact) mass is 484 g/mol. The van der Waals surface area contributed by atoms with E-state index in [1.807, 2.05) is 6.92 Å². The Labute approximate surface area is 195 Å². The summed E-state index contributed by atoms with van der Waals surface area (Å²) in [4.78, 5) is 33.5. The number of halogens is 4. The summed E-state index contributed by atoms with van der Waals surface area (Å²) in [5.74, 6) is -0.313. The van der Waals surface area contributed by atoms with Crippen molar-refractivity contribution >= 4 is 35.9 Å². The highest BCUT2D eigenvalue weighted by atomic mass is 35.5. The van der Waals surface area contributed by atoms with Crippen molar-refractivity contribution in [3.05, 3.63) is 53.2 Å². The van der Waals surface area contributed by atoms with E-state index in [1.165, 1.54) is 11.1 Å². The van der Waals surface area contributed by atoms with E-state index >= 15 is 0 Å². The van der Waals surface area contributed by atoms with Gasteiger partial charge < -0.3 is 14.5 Å². The van der Waals surface area contributed by atoms with Crippen LogP contribution in [0.15, 0.2) is 36.5 Å². The van der Waals surface area contributed by atoms with E-state index in [1.54, 1.807) is 41.0 Å². The normalized spacial score (nSPS) is 18.8. The first-order chi connectivity index (χ1) is 15.1. The van der Waals surface area contributed by atoms with Crippen LogP contribution in [0, 0.1) is 6.92 Å². The molecule has 0 saturated carbocycles. The number of rotatable bonds is 3. The highest BCUT2D eigenvalue weighted by Crippen LogP contribution is 2.36. The Morgan fingerprint density at radius 2 is 1.76 bits per heavy atom. The summed E-state index contributed by atoms with van der Waals surface area (Å²) >= 11 is 0. The van der Waals surface area contributed by atoms with Crippen molar-refractivity contribution in [2.24, 2.45) is 0 Å². The summed E-state index contributed by atoms with van der Waals surface area (Å²) < 4.78 is 45.3. The van der Waals surface area contributed by atoms with Gasteiger partial charge in [-0.3, -0.25) is 9.69 Å². The number of pyridine rings is 1. The molecule has 4 rings (SSSR count). The third-order valence-electron chi connectivity index (χ3n) is 5.65. The minimum absolute atomic E-state index is 0. The fraction of sp³-hybridized carbons (Fsp3) is 0.409. The zero-order valence-electron chi connectivity index (χ0n) is 18.1. The Balaban J connectivity index is 0.00000306. The van der Waals surface area contributed by atoms with Gasteiger partial charge >= 0.3 is 12.3 Å². The third-order valence-corrected chi connectivity index (χ3v) is 5.65. The molecule has 11 heteroatoms. The van der Waals surface area contributed by atoms with E-state index in [9.17, 15) is 22.8 Å². The van der Waals surface area contributed by atoms with Crippen LogP contribution in [0.3, 0.4) is 0 Å². The number of aromatic nitrogens is 1. The SMILES string of the molecule is Cc1cnc(N2CCN(C(=O)c3ccc(N4C(=O)OC[C@H]4C)cc3)CC2)c(C(F)(F)F)c1.Cl. The van der Waals surface area contributed by atoms with Gasteiger partial charge in [-0.05, 0) is 49.7 Å². The molecule has 33 heavy (non-hydrogen) atoms. The number of anilines is 2. The molecule has 2 aromatic rings. The summed E-state index contributed by atoms with van der Waals surface area (Å²) in [6.45, 7) is 4.82. The molecule has 0 aliphatic carbocycles. The third kappa shape index (κ3) is 5.00. The van der Waals surface area contributed by atoms with Gasteiger partial charge in [-0.1, -0.05) is 0 Å². The Morgan fingerprint density at radius 3 is 2.30 bits per heavy atom. The van der Waals surface area contributed by atoms with Crippen LogP contribution >= 0.6 is 12.4 Å². The first-order valence-corrected chi connectivity index (χ1v) is 10.3. The van der Waals surface area contributed by atoms with E-state index < -0.39 is 17.8 Å². The standard InChI is InChI=1S/C22H23F3N4O3.ClH/c1-14-11-18(22(23,24)25)19(26-12-14)27-7-9-28(10-8-27)20(30)16-3-5-17(6-4-16)29-15(2)13-32-21(29)31;/h3-6,11-12,15H,7-10,13H2,1-2H3;1H/t15-;/m1./s1. The minimum atomic E-state index is -4.50. The Morgan fingerprint density at radius 1 is 1.12 bits per heavy atom. The Hall–Kier alpha value is -3.01. The molecule has 2 saturated heterocycles. The lowest BCUT2D eigenvalue weighted by Crippen LogP contribution is -2.49. The molecule has 0 unspecified atom stereocenters. The van der Waals surface area contributed by atoms with E-state index in [0.29, 0.717) is 23.4 Å². The summed E-state index contributed by atoms with van der Waals surface area (Å²) in [7, 11) is 0. The van der Waals surface area contributed by atoms with Crippen molar-refractivity contribution in [3.8, 4) is 0 Å². The van der Waals surface area contributed by atoms with Crippen molar-refractivity contribution in [1.82, 2.24) is 9.88 Å². The van der Waals surface area contributed by atoms with Crippen molar-refractivity contribution in [2.45, 2.75) is 26.1 Å². The van der Waals surface area contributed by atoms with Gasteiger partial charge in [0.15, 0.2) is 0 Å². The lowest BCUT2D eigenvalue weighted by atomic mass is 10.1. The number of ether oxygens (including phenoxy) is 1. The average molecular weight is 485 g/mol. The van der Waals surface area contributed by atoms with Crippen LogP contribution in [0.1, 0.15) is 28.4 Å². The summed E-state index contributed by atoms with van der Waals surface area (Å²) in [6.07, 6.45) is -3.50. The highest BCUT2D eigenvalue weighted by molar-refractivity contribution is 5.96. The fourth-order valence-corrected chi connectivity index (χ4v) is 3.97. The van der Waals surface area contributed by atoms with Gasteiger partial charge in [-0.2, -0.15) is 13.2 Å². The van der Waals surface area contributed by atoms with Crippen LogP contribution in [-0.4, -0.2) is 60.7 Å². The molecular formula is C22H24ClF3N4O3. The largest absolute Gasteiger partial charge is 0.447 e. The minimum Gasteiger partial charge on any atom is -0.447 e. The summed E-state index contributed by atoms with van der Waals surface area (Å²) in [5, 5.41) is 0. The van der Waals surface area contributed by atoms with Crippen LogP contribution in [0.25, 0.3) is 0 Å². The van der Waals surface area contributed by atoms with E-state index in [0.717, 1.165) is 6.07 Å². The first kappa shape index (κ1) is 24.6. The Kier molecular flexibility index (Phi) is 7.06. The number of hydrogen-bond acceptors (Lipinski definition) is 5. The molecule has 3 heterocycles. The van der Waals surface area contributed by atoms with Crippen LogP contribution in [-0.2, 0) is 10.9 Å². The second kappa shape index (κ2) is 9.46. The van der Waals surface area contributed by atoms with Gasteiger partial charge in [-0.15, -0.1) is 12.4 Å². The zero-order chi connectivity index (χ0) is 23.0. The summed E-state index contributed by atoms with van der Waals surface area (Å²) in [5.41, 5.74) is 0.774. The zero-order valence-corrected chi connectivity index (χ0v) is 18.9. The molecule has 178 valence electrons. The maximum absolute atomic E-state index is 13.4. The second-order valence-corrected chi connectivity index (χ2v) is 8.00. The lowest BCUT2D eigenvalue weighted by molar-refractivity contribution is -0.137. The molecule has 0 N–H and O–H groups in total. The van der Waals surface area contributed by atoms with Crippen LogP contribution in [0.4, 0.5) is 29.5 Å². The van der Waals surface area contributed by atoms with Crippen LogP contribution < -0.4 is 9.80 Å². The maximum Gasteiger partial charge on any atom is 0.419 e. The molecule has 1 atom stereocenters. The van der Waals surface area contributed by atoms with Crippen molar-refractivity contribution < 1.29 is 27.5 Å². The average Bonchev–Trinajstić information content (AvgIpc) is 3.11. The predicted octanol–water partition coefficient (Wildman–Crippen LogP) is 4.14. The molecule has 2 fully saturated rings. The second-order valence-electron chi connectivity index (χ2n) is 8.00. The van der Waals surface area contributed by atoms with Crippen molar-refractivity contribution in [2.75, 3.05) is 42.6 Å². The number of hydrogen-bond donors (Lipinski definition) is 0. The number of carbonyl (C=O) groups is 2.